The molecule has 3 N–H and O–H groups in total. The maximum atomic E-state index is 11.7. The second-order valence-corrected chi connectivity index (χ2v) is 7.93. The summed E-state index contributed by atoms with van der Waals surface area (Å²) >= 11 is 15.5. The molecule has 0 atom stereocenters. The van der Waals surface area contributed by atoms with Gasteiger partial charge in [-0.15, -0.1) is 0 Å². The molecular weight excluding hydrogens is 399 g/mol. The molecule has 0 heterocycles. The predicted molar refractivity (Wildman–Crippen MR) is 91.4 cm³/mol. The Bertz CT molecular complexity index is 810. The van der Waals surface area contributed by atoms with Crippen LogP contribution in [0.5, 0.6) is 0 Å². The zero-order valence-corrected chi connectivity index (χ0v) is 14.7. The largest absolute Gasteiger partial charge is 0.396 e. The number of halogens is 3. The number of benzene rings is 2. The maximum Gasteiger partial charge on any atom is 0.177 e. The highest BCUT2D eigenvalue weighted by atomic mass is 79.9. The molecule has 2 rings (SSSR count). The molecule has 112 valence electrons. The lowest BCUT2D eigenvalue weighted by molar-refractivity contribution is 0.602. The van der Waals surface area contributed by atoms with E-state index in [-0.39, 0.29) is 10.6 Å². The third-order valence-corrected chi connectivity index (χ3v) is 5.70. The van der Waals surface area contributed by atoms with E-state index in [0.717, 1.165) is 6.26 Å². The first-order valence-electron chi connectivity index (χ1n) is 5.71. The fourth-order valence-electron chi connectivity index (χ4n) is 1.74. The van der Waals surface area contributed by atoms with E-state index in [2.05, 4.69) is 21.2 Å². The summed E-state index contributed by atoms with van der Waals surface area (Å²) in [7, 11) is -3.40. The minimum Gasteiger partial charge on any atom is -0.396 e. The fraction of sp³-hybridized carbons (Fsp3) is 0.0769. The number of nitrogen functional groups attached to an aromatic ring is 1. The first-order chi connectivity index (χ1) is 9.71. The first kappa shape index (κ1) is 16.4. The predicted octanol–water partition coefficient (Wildman–Crippen LogP) is 4.49. The lowest BCUT2D eigenvalue weighted by atomic mass is 10.2. The second-order valence-electron chi connectivity index (χ2n) is 4.34. The Morgan fingerprint density at radius 3 is 2.38 bits per heavy atom. The van der Waals surface area contributed by atoms with Crippen molar-refractivity contribution < 1.29 is 8.42 Å². The van der Waals surface area contributed by atoms with Crippen molar-refractivity contribution in [1.29, 1.82) is 0 Å². The van der Waals surface area contributed by atoms with E-state index in [9.17, 15) is 8.42 Å². The Hall–Kier alpha value is -0.950. The van der Waals surface area contributed by atoms with Gasteiger partial charge in [-0.25, -0.2) is 8.42 Å². The Balaban J connectivity index is 2.49. The zero-order valence-electron chi connectivity index (χ0n) is 10.8. The van der Waals surface area contributed by atoms with Crippen LogP contribution in [-0.4, -0.2) is 14.7 Å². The SMILES string of the molecule is CS(=O)(=O)c1cccc(Nc2ccc(Br)c(Cl)c2Cl)c1N. The molecule has 0 aliphatic carbocycles. The molecule has 0 aromatic heterocycles. The number of sulfone groups is 1. The lowest BCUT2D eigenvalue weighted by Gasteiger charge is -2.14. The van der Waals surface area contributed by atoms with Crippen LogP contribution in [0.4, 0.5) is 17.1 Å². The number of hydrogen-bond donors (Lipinski definition) is 2. The van der Waals surface area contributed by atoms with Crippen LogP contribution in [0.2, 0.25) is 10.0 Å². The molecule has 21 heavy (non-hydrogen) atoms. The average Bonchev–Trinajstić information content (AvgIpc) is 2.40. The minimum atomic E-state index is -3.40. The summed E-state index contributed by atoms with van der Waals surface area (Å²) in [5.41, 5.74) is 7.02. The van der Waals surface area contributed by atoms with Crippen LogP contribution in [0.25, 0.3) is 0 Å². The van der Waals surface area contributed by atoms with E-state index in [0.29, 0.717) is 25.9 Å². The van der Waals surface area contributed by atoms with Crippen LogP contribution >= 0.6 is 39.1 Å². The Morgan fingerprint density at radius 1 is 1.10 bits per heavy atom. The van der Waals surface area contributed by atoms with Crippen LogP contribution in [0.3, 0.4) is 0 Å². The third kappa shape index (κ3) is 3.45. The van der Waals surface area contributed by atoms with E-state index >= 15 is 0 Å². The zero-order chi connectivity index (χ0) is 15.8. The molecule has 0 spiro atoms. The summed E-state index contributed by atoms with van der Waals surface area (Å²) in [5, 5.41) is 3.67. The van der Waals surface area contributed by atoms with E-state index in [1.807, 2.05) is 0 Å². The number of nitrogens with one attached hydrogen (secondary N) is 1. The van der Waals surface area contributed by atoms with Gasteiger partial charge in [-0.3, -0.25) is 0 Å². The molecule has 2 aromatic rings. The summed E-state index contributed by atoms with van der Waals surface area (Å²) < 4.78 is 24.0. The first-order valence-corrected chi connectivity index (χ1v) is 9.15. The van der Waals surface area contributed by atoms with E-state index in [1.54, 1.807) is 24.3 Å². The highest BCUT2D eigenvalue weighted by molar-refractivity contribution is 9.10. The van der Waals surface area contributed by atoms with Crippen molar-refractivity contribution in [2.75, 3.05) is 17.3 Å². The van der Waals surface area contributed by atoms with Crippen LogP contribution in [0, 0.1) is 0 Å². The molecule has 0 bridgehead atoms. The molecule has 0 radical (unpaired) electrons. The monoisotopic (exact) mass is 408 g/mol. The molecular formula is C13H11BrCl2N2O2S. The van der Waals surface area contributed by atoms with Crippen LogP contribution in [0.15, 0.2) is 39.7 Å². The van der Waals surface area contributed by atoms with Crippen LogP contribution < -0.4 is 11.1 Å². The van der Waals surface area contributed by atoms with Gasteiger partial charge in [0, 0.05) is 10.7 Å². The minimum absolute atomic E-state index is 0.0619. The van der Waals surface area contributed by atoms with Gasteiger partial charge in [-0.2, -0.15) is 0 Å². The van der Waals surface area contributed by atoms with Gasteiger partial charge in [0.1, 0.15) is 0 Å². The van der Waals surface area contributed by atoms with Crippen molar-refractivity contribution in [2.24, 2.45) is 0 Å². The highest BCUT2D eigenvalue weighted by Gasteiger charge is 2.15. The van der Waals surface area contributed by atoms with Crippen LogP contribution in [-0.2, 0) is 9.84 Å². The van der Waals surface area contributed by atoms with Gasteiger partial charge in [-0.1, -0.05) is 29.3 Å². The van der Waals surface area contributed by atoms with Gasteiger partial charge >= 0.3 is 0 Å². The molecule has 0 saturated heterocycles. The van der Waals surface area contributed by atoms with Crippen molar-refractivity contribution >= 4 is 66.0 Å². The Kier molecular flexibility index (Phi) is 4.72. The molecule has 0 amide bonds. The lowest BCUT2D eigenvalue weighted by Crippen LogP contribution is -2.05. The average molecular weight is 410 g/mol. The van der Waals surface area contributed by atoms with Gasteiger partial charge < -0.3 is 11.1 Å². The molecule has 2 aromatic carbocycles. The summed E-state index contributed by atoms with van der Waals surface area (Å²) in [6, 6.07) is 8.16. The molecule has 0 aliphatic heterocycles. The molecule has 0 fully saturated rings. The fourth-order valence-corrected chi connectivity index (χ4v) is 3.40. The van der Waals surface area contributed by atoms with E-state index < -0.39 is 9.84 Å². The van der Waals surface area contributed by atoms with Crippen molar-refractivity contribution in [2.45, 2.75) is 4.90 Å². The third-order valence-electron chi connectivity index (χ3n) is 2.77. The number of para-hydroxylation sites is 1. The molecule has 8 heteroatoms. The Morgan fingerprint density at radius 2 is 1.76 bits per heavy atom. The van der Waals surface area contributed by atoms with Gasteiger partial charge in [0.05, 0.1) is 32.0 Å². The number of nitrogens with two attached hydrogens (primary N) is 1. The van der Waals surface area contributed by atoms with Crippen molar-refractivity contribution in [1.82, 2.24) is 0 Å². The second kappa shape index (κ2) is 6.04. The smallest absolute Gasteiger partial charge is 0.177 e. The number of anilines is 3. The number of rotatable bonds is 3. The summed E-state index contributed by atoms with van der Waals surface area (Å²) in [4.78, 5) is 0.0619. The normalized spacial score (nSPS) is 11.4. The van der Waals surface area contributed by atoms with Crippen molar-refractivity contribution in [3.8, 4) is 0 Å². The van der Waals surface area contributed by atoms with E-state index in [1.165, 1.54) is 6.07 Å². The summed E-state index contributed by atoms with van der Waals surface area (Å²) in [6.45, 7) is 0. The van der Waals surface area contributed by atoms with Crippen LogP contribution in [0.1, 0.15) is 0 Å². The molecule has 4 nitrogen and oxygen atoms in total. The highest BCUT2D eigenvalue weighted by Crippen LogP contribution is 2.38. The van der Waals surface area contributed by atoms with Gasteiger partial charge in [0.25, 0.3) is 0 Å². The molecule has 0 unspecified atom stereocenters. The van der Waals surface area contributed by atoms with Crippen molar-refractivity contribution in [3.05, 3.63) is 44.8 Å². The quantitative estimate of drug-likeness (QED) is 0.578. The van der Waals surface area contributed by atoms with Crippen molar-refractivity contribution in [3.63, 3.8) is 0 Å². The van der Waals surface area contributed by atoms with E-state index in [4.69, 9.17) is 28.9 Å². The maximum absolute atomic E-state index is 11.7. The molecule has 0 aliphatic rings. The topological polar surface area (TPSA) is 72.2 Å². The Labute approximate surface area is 141 Å². The molecule has 0 saturated carbocycles. The standard InChI is InChI=1S/C13H11BrCl2N2O2S/c1-21(19,20)10-4-2-3-9(13(10)17)18-8-6-5-7(14)11(15)12(8)16/h2-6,18H,17H2,1H3. The summed E-state index contributed by atoms with van der Waals surface area (Å²) in [5.74, 6) is 0. The number of hydrogen-bond acceptors (Lipinski definition) is 4. The summed E-state index contributed by atoms with van der Waals surface area (Å²) in [6.07, 6.45) is 1.10. The van der Waals surface area contributed by atoms with Gasteiger partial charge in [-0.05, 0) is 40.2 Å². The van der Waals surface area contributed by atoms with Gasteiger partial charge in [0.2, 0.25) is 0 Å². The van der Waals surface area contributed by atoms with Gasteiger partial charge in [0.15, 0.2) is 9.84 Å².